The maximum atomic E-state index is 5.28. The van der Waals surface area contributed by atoms with Crippen molar-refractivity contribution in [1.82, 2.24) is 15.0 Å². The van der Waals surface area contributed by atoms with Gasteiger partial charge in [-0.15, -0.1) is 11.3 Å². The summed E-state index contributed by atoms with van der Waals surface area (Å²) in [7, 11) is 0. The molecule has 8 aromatic carbocycles. The summed E-state index contributed by atoms with van der Waals surface area (Å²) >= 11 is 1.79. The van der Waals surface area contributed by atoms with E-state index in [4.69, 9.17) is 15.0 Å². The summed E-state index contributed by atoms with van der Waals surface area (Å²) in [5.41, 5.74) is 13.7. The second-order valence-corrected chi connectivity index (χ2v) is 15.9. The molecular weight excluding hydrogens is 711 g/mol. The fourth-order valence-electron chi connectivity index (χ4n) is 8.82. The standard InChI is InChI=1S/C53H35N3S/c1-53(38-20-6-3-7-21-38)46-28-12-10-23-40(46)45-33-36(30-31-47(45)53)35-18-14-19-37(32-35)50-54-51(43-25-9-8-22-39(43)34-16-4-2-5-17-34)56-52(55-50)44-27-15-26-42-41-24-11-13-29-48(41)57-49(42)44/h2-33H,1H3. The Morgan fingerprint density at radius 2 is 0.930 bits per heavy atom. The van der Waals surface area contributed by atoms with Gasteiger partial charge in [-0.05, 0) is 81.3 Å². The number of hydrogen-bond acceptors (Lipinski definition) is 4. The molecule has 0 N–H and O–H groups in total. The molecular formula is C53H35N3S. The van der Waals surface area contributed by atoms with E-state index in [0.717, 1.165) is 38.9 Å². The summed E-state index contributed by atoms with van der Waals surface area (Å²) in [5.74, 6) is 1.95. The maximum Gasteiger partial charge on any atom is 0.165 e. The normalized spacial score (nSPS) is 14.5. The van der Waals surface area contributed by atoms with Crippen molar-refractivity contribution < 1.29 is 0 Å². The summed E-state index contributed by atoms with van der Waals surface area (Å²) in [4.78, 5) is 15.8. The zero-order valence-electron chi connectivity index (χ0n) is 31.2. The molecule has 1 atom stereocenters. The molecule has 11 rings (SSSR count). The fraction of sp³-hybridized carbons (Fsp3) is 0.0377. The van der Waals surface area contributed by atoms with Crippen molar-refractivity contribution in [2.75, 3.05) is 0 Å². The average Bonchev–Trinajstić information content (AvgIpc) is 3.80. The van der Waals surface area contributed by atoms with Crippen LogP contribution in [0.4, 0.5) is 0 Å². The van der Waals surface area contributed by atoms with E-state index < -0.39 is 0 Å². The van der Waals surface area contributed by atoms with Crippen LogP contribution in [0.2, 0.25) is 0 Å². The third-order valence-electron chi connectivity index (χ3n) is 11.7. The lowest BCUT2D eigenvalue weighted by molar-refractivity contribution is 0.714. The smallest absolute Gasteiger partial charge is 0.165 e. The summed E-state index contributed by atoms with van der Waals surface area (Å²) in [6.07, 6.45) is 0. The van der Waals surface area contributed by atoms with Crippen LogP contribution in [-0.4, -0.2) is 15.0 Å². The van der Waals surface area contributed by atoms with Crippen LogP contribution < -0.4 is 0 Å². The van der Waals surface area contributed by atoms with E-state index >= 15 is 0 Å². The van der Waals surface area contributed by atoms with Gasteiger partial charge in [0.2, 0.25) is 0 Å². The minimum absolute atomic E-state index is 0.238. The predicted molar refractivity (Wildman–Crippen MR) is 237 cm³/mol. The summed E-state index contributed by atoms with van der Waals surface area (Å²) in [5, 5.41) is 2.46. The lowest BCUT2D eigenvalue weighted by Crippen LogP contribution is -2.22. The highest BCUT2D eigenvalue weighted by atomic mass is 32.1. The van der Waals surface area contributed by atoms with Crippen molar-refractivity contribution in [2.45, 2.75) is 12.3 Å². The molecule has 0 saturated carbocycles. The molecule has 2 heterocycles. The van der Waals surface area contributed by atoms with Crippen LogP contribution >= 0.6 is 11.3 Å². The first kappa shape index (κ1) is 33.3. The lowest BCUT2D eigenvalue weighted by atomic mass is 9.74. The van der Waals surface area contributed by atoms with Crippen LogP contribution in [0.15, 0.2) is 194 Å². The molecule has 268 valence electrons. The van der Waals surface area contributed by atoms with Crippen molar-refractivity contribution in [3.63, 3.8) is 0 Å². The molecule has 3 nitrogen and oxygen atoms in total. The minimum Gasteiger partial charge on any atom is -0.208 e. The molecule has 1 aliphatic carbocycles. The Morgan fingerprint density at radius 3 is 1.77 bits per heavy atom. The monoisotopic (exact) mass is 745 g/mol. The SMILES string of the molecule is CC1(c2ccccc2)c2ccccc2-c2cc(-c3cccc(-c4nc(-c5ccccc5-c5ccccc5)nc(-c5cccc6c5sc5ccccc56)n4)c3)ccc21. The Morgan fingerprint density at radius 1 is 0.368 bits per heavy atom. The van der Waals surface area contributed by atoms with Gasteiger partial charge in [0, 0.05) is 42.3 Å². The quantitative estimate of drug-likeness (QED) is 0.170. The minimum atomic E-state index is -0.238. The Balaban J connectivity index is 1.08. The molecule has 10 aromatic rings. The van der Waals surface area contributed by atoms with E-state index in [2.05, 4.69) is 195 Å². The molecule has 0 amide bonds. The van der Waals surface area contributed by atoms with Crippen molar-refractivity contribution in [3.05, 3.63) is 211 Å². The van der Waals surface area contributed by atoms with Crippen LogP contribution in [0.1, 0.15) is 23.6 Å². The summed E-state index contributed by atoms with van der Waals surface area (Å²) in [6.45, 7) is 2.36. The number of benzene rings is 8. The van der Waals surface area contributed by atoms with Crippen molar-refractivity contribution in [1.29, 1.82) is 0 Å². The first-order chi connectivity index (χ1) is 28.1. The summed E-state index contributed by atoms with van der Waals surface area (Å²) < 4.78 is 2.42. The van der Waals surface area contributed by atoms with Gasteiger partial charge in [0.05, 0.1) is 0 Å². The third kappa shape index (κ3) is 5.44. The number of hydrogen-bond donors (Lipinski definition) is 0. The van der Waals surface area contributed by atoms with E-state index in [-0.39, 0.29) is 5.41 Å². The van der Waals surface area contributed by atoms with Crippen LogP contribution in [0.5, 0.6) is 0 Å². The number of fused-ring (bicyclic) bond motifs is 6. The van der Waals surface area contributed by atoms with Gasteiger partial charge >= 0.3 is 0 Å². The van der Waals surface area contributed by atoms with E-state index in [1.54, 1.807) is 11.3 Å². The second-order valence-electron chi connectivity index (χ2n) is 14.9. The second kappa shape index (κ2) is 13.3. The van der Waals surface area contributed by atoms with E-state index in [9.17, 15) is 0 Å². The first-order valence-electron chi connectivity index (χ1n) is 19.4. The molecule has 1 unspecified atom stereocenters. The van der Waals surface area contributed by atoms with E-state index in [1.165, 1.54) is 48.0 Å². The molecule has 0 radical (unpaired) electrons. The predicted octanol–water partition coefficient (Wildman–Crippen LogP) is 13.9. The lowest BCUT2D eigenvalue weighted by Gasteiger charge is -2.28. The van der Waals surface area contributed by atoms with Gasteiger partial charge in [0.1, 0.15) is 0 Å². The molecule has 57 heavy (non-hydrogen) atoms. The van der Waals surface area contributed by atoms with Gasteiger partial charge in [0.15, 0.2) is 17.5 Å². The zero-order valence-corrected chi connectivity index (χ0v) is 32.0. The zero-order chi connectivity index (χ0) is 37.9. The average molecular weight is 746 g/mol. The largest absolute Gasteiger partial charge is 0.208 e. The van der Waals surface area contributed by atoms with Crippen LogP contribution in [0, 0.1) is 0 Å². The number of thiophene rings is 1. The van der Waals surface area contributed by atoms with Crippen LogP contribution in [0.25, 0.3) is 87.7 Å². The van der Waals surface area contributed by atoms with Gasteiger partial charge in [-0.25, -0.2) is 15.0 Å². The number of aromatic nitrogens is 3. The van der Waals surface area contributed by atoms with Gasteiger partial charge in [-0.3, -0.25) is 0 Å². The summed E-state index contributed by atoms with van der Waals surface area (Å²) in [6, 6.07) is 69.3. The van der Waals surface area contributed by atoms with E-state index in [1.807, 2.05) is 6.07 Å². The highest BCUT2D eigenvalue weighted by Gasteiger charge is 2.40. The molecule has 4 heteroatoms. The van der Waals surface area contributed by atoms with Crippen LogP contribution in [0.3, 0.4) is 0 Å². The van der Waals surface area contributed by atoms with Gasteiger partial charge < -0.3 is 0 Å². The number of rotatable bonds is 6. The van der Waals surface area contributed by atoms with Crippen molar-refractivity contribution in [2.24, 2.45) is 0 Å². The van der Waals surface area contributed by atoms with Gasteiger partial charge in [-0.1, -0.05) is 170 Å². The highest BCUT2D eigenvalue weighted by Crippen LogP contribution is 2.53. The number of nitrogens with zero attached hydrogens (tertiary/aromatic N) is 3. The third-order valence-corrected chi connectivity index (χ3v) is 12.9. The highest BCUT2D eigenvalue weighted by molar-refractivity contribution is 7.26. The van der Waals surface area contributed by atoms with Gasteiger partial charge in [0.25, 0.3) is 0 Å². The maximum absolute atomic E-state index is 5.28. The molecule has 0 bridgehead atoms. The Labute approximate surface area is 335 Å². The molecule has 0 saturated heterocycles. The molecule has 1 aliphatic rings. The Hall–Kier alpha value is -7.01. The Kier molecular flexibility index (Phi) is 7.80. The molecule has 0 fully saturated rings. The van der Waals surface area contributed by atoms with Crippen LogP contribution in [-0.2, 0) is 5.41 Å². The van der Waals surface area contributed by atoms with E-state index in [0.29, 0.717) is 17.5 Å². The molecule has 0 aliphatic heterocycles. The first-order valence-corrected chi connectivity index (χ1v) is 20.2. The fourth-order valence-corrected chi connectivity index (χ4v) is 10.0. The Bertz CT molecular complexity index is 3150. The van der Waals surface area contributed by atoms with Crippen molar-refractivity contribution >= 4 is 31.5 Å². The van der Waals surface area contributed by atoms with Crippen molar-refractivity contribution in [3.8, 4) is 67.5 Å². The molecule has 0 spiro atoms. The topological polar surface area (TPSA) is 38.7 Å². The van der Waals surface area contributed by atoms with Gasteiger partial charge in [-0.2, -0.15) is 0 Å². The molecule has 2 aromatic heterocycles.